The first-order chi connectivity index (χ1) is 13.6. The maximum absolute atomic E-state index is 14.5. The van der Waals surface area contributed by atoms with E-state index in [1.54, 1.807) is 12.1 Å². The third kappa shape index (κ3) is 3.82. The van der Waals surface area contributed by atoms with Crippen molar-refractivity contribution in [3.05, 3.63) is 35.4 Å². The highest BCUT2D eigenvalue weighted by Gasteiger charge is 2.29. The van der Waals surface area contributed by atoms with Crippen molar-refractivity contribution in [3.8, 4) is 23.6 Å². The highest BCUT2D eigenvalue weighted by molar-refractivity contribution is 5.37. The molecule has 2 aliphatic heterocycles. The van der Waals surface area contributed by atoms with Gasteiger partial charge in [0, 0.05) is 25.2 Å². The van der Waals surface area contributed by atoms with Gasteiger partial charge in [-0.1, -0.05) is 0 Å². The van der Waals surface area contributed by atoms with E-state index in [4.69, 9.17) is 19.5 Å². The molecule has 0 bridgehead atoms. The molecule has 9 heteroatoms. The van der Waals surface area contributed by atoms with Gasteiger partial charge >= 0.3 is 0 Å². The average molecular weight is 385 g/mol. The third-order valence-corrected chi connectivity index (χ3v) is 4.98. The van der Waals surface area contributed by atoms with Crippen LogP contribution in [0, 0.1) is 17.1 Å². The molecule has 4 rings (SSSR count). The molecule has 0 aromatic carbocycles. The molecule has 0 amide bonds. The molecule has 2 aromatic rings. The molecule has 0 unspecified atom stereocenters. The summed E-state index contributed by atoms with van der Waals surface area (Å²) in [6.45, 7) is 4.24. The summed E-state index contributed by atoms with van der Waals surface area (Å²) in [5.74, 6) is 0.732. The van der Waals surface area contributed by atoms with E-state index in [9.17, 15) is 4.39 Å². The number of likely N-dealkylation sites (tertiary alicyclic amines) is 1. The highest BCUT2D eigenvalue weighted by atomic mass is 19.1. The van der Waals surface area contributed by atoms with E-state index in [-0.39, 0.29) is 23.7 Å². The summed E-state index contributed by atoms with van der Waals surface area (Å²) in [6, 6.07) is 6.32. The van der Waals surface area contributed by atoms with E-state index in [1.807, 2.05) is 13.0 Å². The van der Waals surface area contributed by atoms with Crippen molar-refractivity contribution >= 4 is 0 Å². The zero-order valence-corrected chi connectivity index (χ0v) is 15.5. The van der Waals surface area contributed by atoms with Gasteiger partial charge in [-0.3, -0.25) is 4.90 Å². The number of hydrogen-bond acceptors (Lipinski definition) is 8. The Labute approximate surface area is 161 Å². The maximum atomic E-state index is 14.5. The van der Waals surface area contributed by atoms with Gasteiger partial charge in [0.15, 0.2) is 11.4 Å². The van der Waals surface area contributed by atoms with Crippen LogP contribution < -0.4 is 14.2 Å². The van der Waals surface area contributed by atoms with Crippen molar-refractivity contribution in [1.29, 1.82) is 5.26 Å². The lowest BCUT2D eigenvalue weighted by molar-refractivity contribution is 0.0735. The van der Waals surface area contributed by atoms with Crippen LogP contribution in [0.4, 0.5) is 4.39 Å². The average Bonchev–Trinajstić information content (AvgIpc) is 2.74. The van der Waals surface area contributed by atoms with Gasteiger partial charge in [0.05, 0.1) is 11.7 Å². The number of rotatable bonds is 4. The fourth-order valence-electron chi connectivity index (χ4n) is 3.43. The van der Waals surface area contributed by atoms with Crippen LogP contribution in [-0.2, 0) is 0 Å². The Hall–Kier alpha value is -2.99. The lowest BCUT2D eigenvalue weighted by Crippen LogP contribution is -2.40. The SMILES string of the molecule is C[C@H](c1nc2c(cc1F)OCCO2)N1CCC(Oc2ccc(C#N)nn2)CC1. The van der Waals surface area contributed by atoms with Crippen LogP contribution in [0.2, 0.25) is 0 Å². The largest absolute Gasteiger partial charge is 0.484 e. The number of halogens is 1. The molecular formula is C19H20FN5O3. The van der Waals surface area contributed by atoms with Crippen LogP contribution in [-0.4, -0.2) is 52.5 Å². The zero-order valence-electron chi connectivity index (χ0n) is 15.5. The molecule has 146 valence electrons. The Kier molecular flexibility index (Phi) is 5.21. The van der Waals surface area contributed by atoms with Crippen molar-refractivity contribution in [1.82, 2.24) is 20.1 Å². The standard InChI is InChI=1S/C19H20FN5O3/c1-12(18-15(20)10-16-19(22-18)27-9-8-26-16)25-6-4-14(5-7-25)28-17-3-2-13(11-21)23-24-17/h2-3,10,12,14H,4-9H2,1H3/t12-/m1/s1. The number of ether oxygens (including phenoxy) is 3. The fourth-order valence-corrected chi connectivity index (χ4v) is 3.43. The van der Waals surface area contributed by atoms with E-state index in [0.29, 0.717) is 36.4 Å². The maximum Gasteiger partial charge on any atom is 0.257 e. The number of nitrogens with zero attached hydrogens (tertiary/aromatic N) is 5. The minimum Gasteiger partial charge on any atom is -0.484 e. The molecule has 2 aromatic heterocycles. The van der Waals surface area contributed by atoms with Crippen molar-refractivity contribution in [2.45, 2.75) is 31.9 Å². The normalized spacial score (nSPS) is 18.3. The van der Waals surface area contributed by atoms with Crippen LogP contribution >= 0.6 is 0 Å². The van der Waals surface area contributed by atoms with Gasteiger partial charge < -0.3 is 14.2 Å². The fraction of sp³-hybridized carbons (Fsp3) is 0.474. The highest BCUT2D eigenvalue weighted by Crippen LogP contribution is 2.34. The molecule has 0 spiro atoms. The minimum atomic E-state index is -0.386. The van der Waals surface area contributed by atoms with Gasteiger partial charge in [0.1, 0.15) is 31.2 Å². The van der Waals surface area contributed by atoms with Gasteiger partial charge in [0.25, 0.3) is 5.88 Å². The molecule has 1 fully saturated rings. The summed E-state index contributed by atoms with van der Waals surface area (Å²) >= 11 is 0. The predicted octanol–water partition coefficient (Wildman–Crippen LogP) is 2.26. The van der Waals surface area contributed by atoms with Crippen LogP contribution in [0.25, 0.3) is 0 Å². The van der Waals surface area contributed by atoms with E-state index in [2.05, 4.69) is 20.1 Å². The second-order valence-corrected chi connectivity index (χ2v) is 6.75. The summed E-state index contributed by atoms with van der Waals surface area (Å²) < 4.78 is 31.2. The van der Waals surface area contributed by atoms with Crippen molar-refractivity contribution in [2.75, 3.05) is 26.3 Å². The van der Waals surface area contributed by atoms with Gasteiger partial charge in [0.2, 0.25) is 5.88 Å². The Bertz CT molecular complexity index is 878. The summed E-state index contributed by atoms with van der Waals surface area (Å²) in [5.41, 5.74) is 0.617. The number of fused-ring (bicyclic) bond motifs is 1. The Morgan fingerprint density at radius 2 is 2.04 bits per heavy atom. The second kappa shape index (κ2) is 7.94. The number of piperidine rings is 1. The van der Waals surface area contributed by atoms with Crippen molar-refractivity contribution < 1.29 is 18.6 Å². The predicted molar refractivity (Wildman–Crippen MR) is 95.6 cm³/mol. The molecule has 1 atom stereocenters. The molecular weight excluding hydrogens is 365 g/mol. The van der Waals surface area contributed by atoms with Crippen LogP contribution in [0.1, 0.15) is 37.2 Å². The first-order valence-corrected chi connectivity index (χ1v) is 9.24. The van der Waals surface area contributed by atoms with Gasteiger partial charge in [-0.2, -0.15) is 5.26 Å². The van der Waals surface area contributed by atoms with Gasteiger partial charge in [-0.05, 0) is 25.8 Å². The topological polar surface area (TPSA) is 93.4 Å². The number of aromatic nitrogens is 3. The van der Waals surface area contributed by atoms with Crippen LogP contribution in [0.3, 0.4) is 0 Å². The molecule has 8 nitrogen and oxygen atoms in total. The molecule has 0 radical (unpaired) electrons. The van der Waals surface area contributed by atoms with Crippen molar-refractivity contribution in [3.63, 3.8) is 0 Å². The Morgan fingerprint density at radius 3 is 2.75 bits per heavy atom. The number of nitriles is 1. The Morgan fingerprint density at radius 1 is 1.25 bits per heavy atom. The first-order valence-electron chi connectivity index (χ1n) is 9.24. The van der Waals surface area contributed by atoms with E-state index >= 15 is 0 Å². The summed E-state index contributed by atoms with van der Waals surface area (Å²) in [5, 5.41) is 16.4. The molecule has 0 saturated carbocycles. The second-order valence-electron chi connectivity index (χ2n) is 6.75. The monoisotopic (exact) mass is 385 g/mol. The van der Waals surface area contributed by atoms with Crippen molar-refractivity contribution in [2.24, 2.45) is 0 Å². The third-order valence-electron chi connectivity index (χ3n) is 4.98. The lowest BCUT2D eigenvalue weighted by Gasteiger charge is -2.35. The van der Waals surface area contributed by atoms with E-state index < -0.39 is 0 Å². The van der Waals surface area contributed by atoms with Crippen LogP contribution in [0.15, 0.2) is 18.2 Å². The summed E-state index contributed by atoms with van der Waals surface area (Å²) in [7, 11) is 0. The number of pyridine rings is 1. The summed E-state index contributed by atoms with van der Waals surface area (Å²) in [4.78, 5) is 6.52. The molecule has 0 aliphatic carbocycles. The quantitative estimate of drug-likeness (QED) is 0.791. The van der Waals surface area contributed by atoms with Gasteiger partial charge in [-0.25, -0.2) is 9.37 Å². The summed E-state index contributed by atoms with van der Waals surface area (Å²) in [6.07, 6.45) is 1.56. The first kappa shape index (κ1) is 18.4. The zero-order chi connectivity index (χ0) is 19.5. The van der Waals surface area contributed by atoms with Crippen LogP contribution in [0.5, 0.6) is 17.5 Å². The Balaban J connectivity index is 1.37. The number of hydrogen-bond donors (Lipinski definition) is 0. The molecule has 0 N–H and O–H groups in total. The van der Waals surface area contributed by atoms with E-state index in [1.165, 1.54) is 6.07 Å². The molecule has 1 saturated heterocycles. The molecule has 28 heavy (non-hydrogen) atoms. The van der Waals surface area contributed by atoms with E-state index in [0.717, 1.165) is 25.9 Å². The minimum absolute atomic E-state index is 0.00348. The molecule has 4 heterocycles. The lowest BCUT2D eigenvalue weighted by atomic mass is 10.0. The molecule has 2 aliphatic rings. The smallest absolute Gasteiger partial charge is 0.257 e. The van der Waals surface area contributed by atoms with Gasteiger partial charge in [-0.15, -0.1) is 10.2 Å².